The van der Waals surface area contributed by atoms with Gasteiger partial charge >= 0.3 is 0 Å². The average Bonchev–Trinajstić information content (AvgIpc) is 2.86. The minimum absolute atomic E-state index is 0.340. The smallest absolute Gasteiger partial charge is 0.168 e. The summed E-state index contributed by atoms with van der Waals surface area (Å²) in [5.41, 5.74) is 1.26. The van der Waals surface area contributed by atoms with Gasteiger partial charge in [-0.3, -0.25) is 9.48 Å². The van der Waals surface area contributed by atoms with E-state index in [1.54, 1.807) is 12.1 Å². The van der Waals surface area contributed by atoms with E-state index in [1.165, 1.54) is 6.20 Å². The lowest BCUT2D eigenvalue weighted by Crippen LogP contribution is -2.03. The Kier molecular flexibility index (Phi) is 3.72. The maximum absolute atomic E-state index is 10.4. The van der Waals surface area contributed by atoms with Crippen molar-refractivity contribution in [1.82, 2.24) is 14.8 Å². The molecule has 0 bridgehead atoms. The van der Waals surface area contributed by atoms with Crippen LogP contribution in [0.5, 0.6) is 5.75 Å². The molecule has 0 fully saturated rings. The summed E-state index contributed by atoms with van der Waals surface area (Å²) in [5.74, 6) is 0.625. The Balaban J connectivity index is 1.95. The van der Waals surface area contributed by atoms with Crippen molar-refractivity contribution >= 4 is 6.29 Å². The molecule has 0 aromatic carbocycles. The van der Waals surface area contributed by atoms with Crippen LogP contribution in [0.1, 0.15) is 36.1 Å². The van der Waals surface area contributed by atoms with E-state index in [2.05, 4.69) is 23.9 Å². The van der Waals surface area contributed by atoms with Gasteiger partial charge in [0.25, 0.3) is 0 Å². The number of hydrogen-bond donors (Lipinski definition) is 0. The summed E-state index contributed by atoms with van der Waals surface area (Å²) in [6, 6.07) is 5.60. The summed E-state index contributed by atoms with van der Waals surface area (Å²) < 4.78 is 7.41. The number of pyridine rings is 1. The first kappa shape index (κ1) is 12.3. The molecule has 2 aromatic rings. The number of aldehydes is 1. The fourth-order valence-electron chi connectivity index (χ4n) is 1.45. The van der Waals surface area contributed by atoms with Gasteiger partial charge in [-0.2, -0.15) is 5.10 Å². The maximum atomic E-state index is 10.4. The number of hydrogen-bond acceptors (Lipinski definition) is 4. The first-order chi connectivity index (χ1) is 8.69. The standard InChI is InChI=1S/C13H15N3O2/c1-10(2)16-6-5-12(15-16)9-18-13-4-3-11(8-17)14-7-13/h3-8,10H,9H2,1-2H3. The number of carbonyl (C=O) groups excluding carboxylic acids is 1. The molecule has 0 atom stereocenters. The van der Waals surface area contributed by atoms with E-state index in [-0.39, 0.29) is 0 Å². The Labute approximate surface area is 105 Å². The van der Waals surface area contributed by atoms with Crippen molar-refractivity contribution in [2.45, 2.75) is 26.5 Å². The first-order valence-electron chi connectivity index (χ1n) is 5.77. The third-order valence-electron chi connectivity index (χ3n) is 2.46. The van der Waals surface area contributed by atoms with Gasteiger partial charge in [0.1, 0.15) is 18.1 Å². The van der Waals surface area contributed by atoms with Crippen LogP contribution in [-0.2, 0) is 6.61 Å². The molecule has 0 aliphatic heterocycles. The van der Waals surface area contributed by atoms with Crippen molar-refractivity contribution in [3.8, 4) is 5.75 Å². The summed E-state index contributed by atoms with van der Waals surface area (Å²) in [4.78, 5) is 14.4. The van der Waals surface area contributed by atoms with Gasteiger partial charge in [-0.1, -0.05) is 0 Å². The van der Waals surface area contributed by atoms with Gasteiger partial charge < -0.3 is 4.74 Å². The number of rotatable bonds is 5. The van der Waals surface area contributed by atoms with Crippen LogP contribution in [-0.4, -0.2) is 21.1 Å². The van der Waals surface area contributed by atoms with E-state index in [0.717, 1.165) is 5.69 Å². The summed E-state index contributed by atoms with van der Waals surface area (Å²) >= 11 is 0. The lowest BCUT2D eigenvalue weighted by molar-refractivity contribution is 0.111. The number of carbonyl (C=O) groups is 1. The SMILES string of the molecule is CC(C)n1ccc(COc2ccc(C=O)nc2)n1. The van der Waals surface area contributed by atoms with Crippen molar-refractivity contribution < 1.29 is 9.53 Å². The van der Waals surface area contributed by atoms with Crippen molar-refractivity contribution in [2.75, 3.05) is 0 Å². The highest BCUT2D eigenvalue weighted by Crippen LogP contribution is 2.11. The van der Waals surface area contributed by atoms with Crippen LogP contribution >= 0.6 is 0 Å². The predicted molar refractivity (Wildman–Crippen MR) is 66.6 cm³/mol. The van der Waals surface area contributed by atoms with Crippen molar-refractivity contribution in [3.05, 3.63) is 42.0 Å². The molecule has 0 amide bonds. The van der Waals surface area contributed by atoms with Gasteiger partial charge in [0.2, 0.25) is 0 Å². The number of aromatic nitrogens is 3. The number of ether oxygens (including phenoxy) is 1. The van der Waals surface area contributed by atoms with Crippen LogP contribution < -0.4 is 4.74 Å². The number of nitrogens with zero attached hydrogens (tertiary/aromatic N) is 3. The lowest BCUT2D eigenvalue weighted by atomic mass is 10.3. The highest BCUT2D eigenvalue weighted by atomic mass is 16.5. The Bertz CT molecular complexity index is 517. The topological polar surface area (TPSA) is 57.0 Å². The molecule has 94 valence electrons. The van der Waals surface area contributed by atoms with Gasteiger partial charge in [0.15, 0.2) is 6.29 Å². The summed E-state index contributed by atoms with van der Waals surface area (Å²) in [6.45, 7) is 4.53. The molecule has 0 aliphatic rings. The van der Waals surface area contributed by atoms with Gasteiger partial charge in [0.05, 0.1) is 11.9 Å². The molecule has 2 rings (SSSR count). The molecule has 0 unspecified atom stereocenters. The molecule has 0 spiro atoms. The Hall–Kier alpha value is -2.17. The van der Waals surface area contributed by atoms with Crippen LogP contribution in [0, 0.1) is 0 Å². The van der Waals surface area contributed by atoms with Gasteiger partial charge in [-0.05, 0) is 32.0 Å². The van der Waals surface area contributed by atoms with Crippen molar-refractivity contribution in [1.29, 1.82) is 0 Å². The molecule has 0 saturated heterocycles. The molecular formula is C13H15N3O2. The Morgan fingerprint density at radius 1 is 1.39 bits per heavy atom. The molecule has 0 saturated carbocycles. The average molecular weight is 245 g/mol. The fraction of sp³-hybridized carbons (Fsp3) is 0.308. The molecule has 2 aromatic heterocycles. The van der Waals surface area contributed by atoms with Crippen LogP contribution in [0.4, 0.5) is 0 Å². The molecule has 5 heteroatoms. The van der Waals surface area contributed by atoms with E-state index in [1.807, 2.05) is 16.9 Å². The fourth-order valence-corrected chi connectivity index (χ4v) is 1.45. The highest BCUT2D eigenvalue weighted by Gasteiger charge is 2.03. The second-order valence-electron chi connectivity index (χ2n) is 4.21. The zero-order chi connectivity index (χ0) is 13.0. The minimum Gasteiger partial charge on any atom is -0.486 e. The van der Waals surface area contributed by atoms with E-state index in [4.69, 9.17) is 4.74 Å². The molecule has 0 N–H and O–H groups in total. The summed E-state index contributed by atoms with van der Waals surface area (Å²) in [5, 5.41) is 4.37. The summed E-state index contributed by atoms with van der Waals surface area (Å²) in [6.07, 6.45) is 4.16. The molecule has 5 nitrogen and oxygen atoms in total. The van der Waals surface area contributed by atoms with Crippen LogP contribution in [0.15, 0.2) is 30.6 Å². The van der Waals surface area contributed by atoms with E-state index >= 15 is 0 Å². The third kappa shape index (κ3) is 2.94. The Morgan fingerprint density at radius 3 is 2.78 bits per heavy atom. The normalized spacial score (nSPS) is 10.6. The molecular weight excluding hydrogens is 230 g/mol. The predicted octanol–water partition coefficient (Wildman–Crippen LogP) is 2.25. The molecule has 0 aliphatic carbocycles. The second-order valence-corrected chi connectivity index (χ2v) is 4.21. The monoisotopic (exact) mass is 245 g/mol. The Morgan fingerprint density at radius 2 is 2.22 bits per heavy atom. The molecule has 18 heavy (non-hydrogen) atoms. The van der Waals surface area contributed by atoms with E-state index < -0.39 is 0 Å². The zero-order valence-electron chi connectivity index (χ0n) is 10.4. The third-order valence-corrected chi connectivity index (χ3v) is 2.46. The zero-order valence-corrected chi connectivity index (χ0v) is 10.4. The second kappa shape index (κ2) is 5.44. The van der Waals surface area contributed by atoms with E-state index in [0.29, 0.717) is 30.4 Å². The quantitative estimate of drug-likeness (QED) is 0.758. The minimum atomic E-state index is 0.340. The maximum Gasteiger partial charge on any atom is 0.168 e. The van der Waals surface area contributed by atoms with Crippen molar-refractivity contribution in [3.63, 3.8) is 0 Å². The van der Waals surface area contributed by atoms with Crippen molar-refractivity contribution in [2.24, 2.45) is 0 Å². The van der Waals surface area contributed by atoms with Crippen LogP contribution in [0.25, 0.3) is 0 Å². The van der Waals surface area contributed by atoms with Crippen LogP contribution in [0.3, 0.4) is 0 Å². The summed E-state index contributed by atoms with van der Waals surface area (Å²) in [7, 11) is 0. The first-order valence-corrected chi connectivity index (χ1v) is 5.77. The molecule has 0 radical (unpaired) electrons. The molecule has 2 heterocycles. The highest BCUT2D eigenvalue weighted by molar-refractivity contribution is 5.71. The largest absolute Gasteiger partial charge is 0.486 e. The van der Waals surface area contributed by atoms with Crippen LogP contribution in [0.2, 0.25) is 0 Å². The van der Waals surface area contributed by atoms with Gasteiger partial charge in [0, 0.05) is 12.2 Å². The van der Waals surface area contributed by atoms with Gasteiger partial charge in [-0.15, -0.1) is 0 Å². The van der Waals surface area contributed by atoms with Gasteiger partial charge in [-0.25, -0.2) is 4.98 Å². The van der Waals surface area contributed by atoms with E-state index in [9.17, 15) is 4.79 Å². The lowest BCUT2D eigenvalue weighted by Gasteiger charge is -2.05.